The number of benzene rings is 1. The van der Waals surface area contributed by atoms with Crippen molar-refractivity contribution in [3.63, 3.8) is 0 Å². The van der Waals surface area contributed by atoms with Gasteiger partial charge in [-0.15, -0.1) is 0 Å². The molecular weight excluding hydrogens is 256 g/mol. The molecule has 1 aliphatic carbocycles. The minimum atomic E-state index is 0.266. The second-order valence-corrected chi connectivity index (χ2v) is 6.94. The monoisotopic (exact) mass is 288 g/mol. The molecule has 0 aliphatic heterocycles. The molecule has 0 amide bonds. The average molecular weight is 288 g/mol. The zero-order chi connectivity index (χ0) is 15.4. The Morgan fingerprint density at radius 2 is 2.00 bits per heavy atom. The third-order valence-electron chi connectivity index (χ3n) is 5.19. The molecule has 3 atom stereocenters. The molecule has 2 rings (SSSR count). The topological polar surface area (TPSA) is 29.3 Å². The Hall–Kier alpha value is -1.02. The highest BCUT2D eigenvalue weighted by molar-refractivity contribution is 5.55. The quantitative estimate of drug-likeness (QED) is 0.875. The Kier molecular flexibility index (Phi) is 5.69. The zero-order valence-electron chi connectivity index (χ0n) is 14.2. The molecule has 1 aromatic rings. The first-order chi connectivity index (χ1) is 10.0. The summed E-state index contributed by atoms with van der Waals surface area (Å²) in [6.45, 7) is 6.76. The zero-order valence-corrected chi connectivity index (χ0v) is 14.2. The van der Waals surface area contributed by atoms with Crippen molar-refractivity contribution >= 4 is 5.69 Å². The maximum Gasteiger partial charge on any atom is 0.0399 e. The molecular formula is C19H32N2. The van der Waals surface area contributed by atoms with E-state index < -0.39 is 0 Å². The predicted octanol–water partition coefficient (Wildman–Crippen LogP) is 4.29. The lowest BCUT2D eigenvalue weighted by Crippen LogP contribution is -2.39. The van der Waals surface area contributed by atoms with Gasteiger partial charge in [0, 0.05) is 24.8 Å². The number of hydrogen-bond acceptors (Lipinski definition) is 2. The van der Waals surface area contributed by atoms with Crippen LogP contribution in [0.3, 0.4) is 0 Å². The molecule has 2 heteroatoms. The van der Waals surface area contributed by atoms with Gasteiger partial charge in [-0.25, -0.2) is 0 Å². The van der Waals surface area contributed by atoms with Crippen LogP contribution >= 0.6 is 0 Å². The summed E-state index contributed by atoms with van der Waals surface area (Å²) in [6, 6.07) is 7.81. The smallest absolute Gasteiger partial charge is 0.0399 e. The molecule has 0 bridgehead atoms. The molecule has 1 fully saturated rings. The normalized spacial score (nSPS) is 23.9. The number of rotatable bonds is 5. The van der Waals surface area contributed by atoms with E-state index in [2.05, 4.69) is 50.9 Å². The van der Waals surface area contributed by atoms with Gasteiger partial charge in [-0.3, -0.25) is 0 Å². The molecule has 21 heavy (non-hydrogen) atoms. The fraction of sp³-hybridized carbons (Fsp3) is 0.684. The molecule has 2 N–H and O–H groups in total. The molecule has 0 saturated heterocycles. The van der Waals surface area contributed by atoms with Crippen molar-refractivity contribution in [1.82, 2.24) is 0 Å². The number of nitrogens with zero attached hydrogens (tertiary/aromatic N) is 1. The van der Waals surface area contributed by atoms with Gasteiger partial charge in [0.2, 0.25) is 0 Å². The van der Waals surface area contributed by atoms with E-state index in [0.29, 0.717) is 6.04 Å². The van der Waals surface area contributed by atoms with Gasteiger partial charge in [0.05, 0.1) is 0 Å². The van der Waals surface area contributed by atoms with Crippen molar-refractivity contribution in [2.45, 2.75) is 71.4 Å². The van der Waals surface area contributed by atoms with Gasteiger partial charge in [0.15, 0.2) is 0 Å². The lowest BCUT2D eigenvalue weighted by Gasteiger charge is -2.39. The van der Waals surface area contributed by atoms with E-state index in [1.807, 2.05) is 0 Å². The van der Waals surface area contributed by atoms with Crippen LogP contribution in [0.4, 0.5) is 5.69 Å². The molecule has 1 saturated carbocycles. The first-order valence-electron chi connectivity index (χ1n) is 8.60. The highest BCUT2D eigenvalue weighted by atomic mass is 15.1. The van der Waals surface area contributed by atoms with Crippen LogP contribution < -0.4 is 10.6 Å². The first-order valence-corrected chi connectivity index (χ1v) is 8.60. The van der Waals surface area contributed by atoms with E-state index >= 15 is 0 Å². The summed E-state index contributed by atoms with van der Waals surface area (Å²) in [5.41, 5.74) is 10.4. The fourth-order valence-electron chi connectivity index (χ4n) is 3.70. The van der Waals surface area contributed by atoms with Gasteiger partial charge in [-0.05, 0) is 50.2 Å². The second kappa shape index (κ2) is 7.31. The second-order valence-electron chi connectivity index (χ2n) is 6.94. The molecule has 2 nitrogen and oxygen atoms in total. The van der Waals surface area contributed by atoms with Gasteiger partial charge < -0.3 is 10.6 Å². The molecule has 0 heterocycles. The summed E-state index contributed by atoms with van der Waals surface area (Å²) in [5, 5.41) is 0. The first kappa shape index (κ1) is 16.4. The molecule has 3 unspecified atom stereocenters. The fourth-order valence-corrected chi connectivity index (χ4v) is 3.70. The van der Waals surface area contributed by atoms with Gasteiger partial charge in [-0.2, -0.15) is 0 Å². The number of anilines is 1. The number of nitrogens with two attached hydrogens (primary N) is 1. The van der Waals surface area contributed by atoms with E-state index in [4.69, 9.17) is 5.73 Å². The maximum absolute atomic E-state index is 6.21. The van der Waals surface area contributed by atoms with Crippen molar-refractivity contribution < 1.29 is 0 Å². The van der Waals surface area contributed by atoms with E-state index in [-0.39, 0.29) is 6.04 Å². The summed E-state index contributed by atoms with van der Waals surface area (Å²) >= 11 is 0. The summed E-state index contributed by atoms with van der Waals surface area (Å²) in [5.74, 6) is 0.790. The largest absolute Gasteiger partial charge is 0.371 e. The van der Waals surface area contributed by atoms with Crippen LogP contribution in [0.2, 0.25) is 0 Å². The summed E-state index contributed by atoms with van der Waals surface area (Å²) in [7, 11) is 2.28. The molecule has 1 aromatic carbocycles. The van der Waals surface area contributed by atoms with Crippen LogP contribution in [-0.2, 0) is 6.42 Å². The maximum atomic E-state index is 6.21. The van der Waals surface area contributed by atoms with Crippen LogP contribution in [0.5, 0.6) is 0 Å². The SMILES string of the molecule is CCC(N)Cc1cc(C)ccc1N(C)C1CCCCC1C. The summed E-state index contributed by atoms with van der Waals surface area (Å²) in [6.07, 6.45) is 7.48. The van der Waals surface area contributed by atoms with Gasteiger partial charge in [0.1, 0.15) is 0 Å². The van der Waals surface area contributed by atoms with Crippen molar-refractivity contribution in [2.75, 3.05) is 11.9 Å². The number of aryl methyl sites for hydroxylation is 1. The van der Waals surface area contributed by atoms with Crippen molar-refractivity contribution in [1.29, 1.82) is 0 Å². The summed E-state index contributed by atoms with van der Waals surface area (Å²) < 4.78 is 0. The lowest BCUT2D eigenvalue weighted by atomic mass is 9.84. The number of hydrogen-bond donors (Lipinski definition) is 1. The Morgan fingerprint density at radius 3 is 2.67 bits per heavy atom. The standard InChI is InChI=1S/C19H32N2/c1-5-17(20)13-16-12-14(2)10-11-19(16)21(4)18-9-7-6-8-15(18)3/h10-12,15,17-18H,5-9,13,20H2,1-4H3. The van der Waals surface area contributed by atoms with Gasteiger partial charge >= 0.3 is 0 Å². The minimum absolute atomic E-state index is 0.266. The molecule has 0 radical (unpaired) electrons. The van der Waals surface area contributed by atoms with Crippen LogP contribution in [0.25, 0.3) is 0 Å². The third-order valence-corrected chi connectivity index (χ3v) is 5.19. The van der Waals surface area contributed by atoms with Crippen molar-refractivity contribution in [2.24, 2.45) is 11.7 Å². The van der Waals surface area contributed by atoms with Crippen LogP contribution in [0, 0.1) is 12.8 Å². The molecule has 1 aliphatic rings. The average Bonchev–Trinajstić information content (AvgIpc) is 2.47. The molecule has 118 valence electrons. The van der Waals surface area contributed by atoms with E-state index in [9.17, 15) is 0 Å². The minimum Gasteiger partial charge on any atom is -0.371 e. The Labute approximate surface area is 130 Å². The predicted molar refractivity (Wildman–Crippen MR) is 93.0 cm³/mol. The van der Waals surface area contributed by atoms with Crippen LogP contribution in [0.1, 0.15) is 57.1 Å². The van der Waals surface area contributed by atoms with E-state index in [1.54, 1.807) is 0 Å². The Morgan fingerprint density at radius 1 is 1.29 bits per heavy atom. The van der Waals surface area contributed by atoms with Gasteiger partial charge in [0.25, 0.3) is 0 Å². The summed E-state index contributed by atoms with van der Waals surface area (Å²) in [4.78, 5) is 2.53. The van der Waals surface area contributed by atoms with Gasteiger partial charge in [-0.1, -0.05) is 44.4 Å². The van der Waals surface area contributed by atoms with E-state index in [0.717, 1.165) is 18.8 Å². The van der Waals surface area contributed by atoms with Crippen molar-refractivity contribution in [3.05, 3.63) is 29.3 Å². The Bertz CT molecular complexity index is 455. The van der Waals surface area contributed by atoms with E-state index in [1.165, 1.54) is 42.5 Å². The lowest BCUT2D eigenvalue weighted by molar-refractivity contribution is 0.321. The highest BCUT2D eigenvalue weighted by Crippen LogP contribution is 2.32. The highest BCUT2D eigenvalue weighted by Gasteiger charge is 2.26. The molecule has 0 aromatic heterocycles. The van der Waals surface area contributed by atoms with Crippen molar-refractivity contribution in [3.8, 4) is 0 Å². The Balaban J connectivity index is 2.24. The third kappa shape index (κ3) is 4.00. The van der Waals surface area contributed by atoms with Crippen LogP contribution in [0.15, 0.2) is 18.2 Å². The van der Waals surface area contributed by atoms with Crippen LogP contribution in [-0.4, -0.2) is 19.1 Å². The molecule has 0 spiro atoms.